The van der Waals surface area contributed by atoms with Crippen molar-refractivity contribution in [1.82, 2.24) is 4.98 Å². The van der Waals surface area contributed by atoms with Crippen LogP contribution in [0.25, 0.3) is 22.6 Å². The second kappa shape index (κ2) is 10.6. The summed E-state index contributed by atoms with van der Waals surface area (Å²) in [6.45, 7) is -0.128. The lowest BCUT2D eigenvalue weighted by molar-refractivity contribution is -0.156. The number of nitrogens with two attached hydrogens (primary N) is 1. The Balaban J connectivity index is 1.26. The first-order valence-electron chi connectivity index (χ1n) is 12.9. The number of aromatic nitrogens is 1. The van der Waals surface area contributed by atoms with Crippen LogP contribution in [0.4, 0.5) is 4.39 Å². The summed E-state index contributed by atoms with van der Waals surface area (Å²) >= 11 is 0. The van der Waals surface area contributed by atoms with Crippen molar-refractivity contribution in [2.75, 3.05) is 13.2 Å². The molecule has 0 amide bonds. The monoisotopic (exact) mass is 582 g/mol. The Bertz CT molecular complexity index is 1660. The summed E-state index contributed by atoms with van der Waals surface area (Å²) in [6, 6.07) is 19.0. The van der Waals surface area contributed by atoms with Gasteiger partial charge in [0.05, 0.1) is 17.6 Å². The molecule has 0 radical (unpaired) electrons. The fourth-order valence-corrected chi connectivity index (χ4v) is 5.66. The van der Waals surface area contributed by atoms with E-state index >= 15 is 0 Å². The van der Waals surface area contributed by atoms with E-state index in [2.05, 4.69) is 4.98 Å². The van der Waals surface area contributed by atoms with E-state index in [1.54, 1.807) is 6.07 Å². The van der Waals surface area contributed by atoms with E-state index in [1.807, 2.05) is 30.3 Å². The standard InChI is InChI=1S/C29H27FN2O8S/c30-20-10-19(29-14-21(33)13-25(40-29)38-16-29)11-22(12-20)37-15-24(34)28-32-26(17-4-2-1-3-5-17)27(39-28)18-6-8-23(9-7-18)41(31,35)36/h1-12,21,24-25,33-34H,13-16H2,(H2,31,35,36)/t21-,24?,25-,29-/m1/s1. The average molecular weight is 583 g/mol. The summed E-state index contributed by atoms with van der Waals surface area (Å²) in [5, 5.41) is 26.4. The van der Waals surface area contributed by atoms with E-state index in [9.17, 15) is 23.0 Å². The van der Waals surface area contributed by atoms with Crippen molar-refractivity contribution in [3.63, 3.8) is 0 Å². The fourth-order valence-electron chi connectivity index (χ4n) is 5.14. The van der Waals surface area contributed by atoms with Crippen LogP contribution in [0.1, 0.15) is 30.4 Å². The zero-order valence-electron chi connectivity index (χ0n) is 21.6. The lowest BCUT2D eigenvalue weighted by Crippen LogP contribution is -2.39. The molecule has 0 aliphatic carbocycles. The summed E-state index contributed by atoms with van der Waals surface area (Å²) in [5.41, 5.74) is 1.14. The molecule has 4 atom stereocenters. The highest BCUT2D eigenvalue weighted by atomic mass is 32.2. The Morgan fingerprint density at radius 3 is 2.59 bits per heavy atom. The Labute approximate surface area is 235 Å². The smallest absolute Gasteiger partial charge is 0.238 e. The average Bonchev–Trinajstić information content (AvgIpc) is 3.53. The molecule has 4 aromatic rings. The first-order valence-corrected chi connectivity index (χ1v) is 14.4. The van der Waals surface area contributed by atoms with Crippen LogP contribution in [0.3, 0.4) is 0 Å². The van der Waals surface area contributed by atoms with Crippen molar-refractivity contribution in [1.29, 1.82) is 0 Å². The van der Waals surface area contributed by atoms with Crippen LogP contribution in [0.5, 0.6) is 5.75 Å². The highest BCUT2D eigenvalue weighted by Gasteiger charge is 2.49. The largest absolute Gasteiger partial charge is 0.490 e. The van der Waals surface area contributed by atoms with Gasteiger partial charge in [0.15, 0.2) is 18.2 Å². The molecule has 0 saturated carbocycles. The van der Waals surface area contributed by atoms with Crippen molar-refractivity contribution >= 4 is 10.0 Å². The Morgan fingerprint density at radius 2 is 1.85 bits per heavy atom. The first-order chi connectivity index (χ1) is 19.6. The van der Waals surface area contributed by atoms with E-state index < -0.39 is 39.9 Å². The molecule has 2 aliphatic heterocycles. The molecule has 2 fully saturated rings. The summed E-state index contributed by atoms with van der Waals surface area (Å²) in [7, 11) is -3.88. The Hall–Kier alpha value is -3.65. The summed E-state index contributed by atoms with van der Waals surface area (Å²) in [6.07, 6.45) is -1.91. The van der Waals surface area contributed by atoms with E-state index in [1.165, 1.54) is 36.4 Å². The number of oxazole rings is 1. The zero-order valence-corrected chi connectivity index (χ0v) is 22.5. The van der Waals surface area contributed by atoms with Crippen molar-refractivity contribution in [2.24, 2.45) is 5.14 Å². The Morgan fingerprint density at radius 1 is 1.10 bits per heavy atom. The van der Waals surface area contributed by atoms with Crippen LogP contribution >= 0.6 is 0 Å². The number of hydrogen-bond acceptors (Lipinski definition) is 9. The van der Waals surface area contributed by atoms with Gasteiger partial charge >= 0.3 is 0 Å². The van der Waals surface area contributed by atoms with Gasteiger partial charge in [-0.05, 0) is 42.0 Å². The predicted octanol–water partition coefficient (Wildman–Crippen LogP) is 3.63. The van der Waals surface area contributed by atoms with Crippen LogP contribution in [0.2, 0.25) is 0 Å². The van der Waals surface area contributed by atoms with Crippen LogP contribution in [-0.4, -0.2) is 49.2 Å². The number of sulfonamides is 1. The maximum Gasteiger partial charge on any atom is 0.238 e. The highest BCUT2D eigenvalue weighted by Crippen LogP contribution is 2.44. The molecule has 2 bridgehead atoms. The van der Waals surface area contributed by atoms with Gasteiger partial charge in [0.2, 0.25) is 15.9 Å². The minimum atomic E-state index is -3.88. The number of aliphatic hydroxyl groups excluding tert-OH is 2. The van der Waals surface area contributed by atoms with Gasteiger partial charge in [-0.2, -0.15) is 0 Å². The quantitative estimate of drug-likeness (QED) is 0.283. The Kier molecular flexibility index (Phi) is 7.14. The van der Waals surface area contributed by atoms with Gasteiger partial charge in [-0.25, -0.2) is 22.9 Å². The molecule has 4 N–H and O–H groups in total. The summed E-state index contributed by atoms with van der Waals surface area (Å²) < 4.78 is 61.2. The molecule has 1 unspecified atom stereocenters. The van der Waals surface area contributed by atoms with E-state index in [0.717, 1.165) is 0 Å². The third-order valence-corrected chi connectivity index (χ3v) is 8.04. The number of rotatable bonds is 8. The molecular formula is C29H27FN2O8S. The van der Waals surface area contributed by atoms with Crippen LogP contribution in [0.15, 0.2) is 82.1 Å². The highest BCUT2D eigenvalue weighted by molar-refractivity contribution is 7.89. The van der Waals surface area contributed by atoms with E-state index in [-0.39, 0.29) is 36.2 Å². The SMILES string of the molecule is NS(=O)(=O)c1ccc(-c2oc(C(O)COc3cc(F)cc([C@]45CO[C@@H](C[C@@H](O)C4)O5)c3)nc2-c2ccccc2)cc1. The van der Waals surface area contributed by atoms with Gasteiger partial charge in [0.25, 0.3) is 0 Å². The van der Waals surface area contributed by atoms with Crippen LogP contribution in [-0.2, 0) is 25.1 Å². The normalized spacial score (nSPS) is 22.9. The van der Waals surface area contributed by atoms with E-state index in [4.69, 9.17) is 23.8 Å². The molecule has 2 saturated heterocycles. The third-order valence-electron chi connectivity index (χ3n) is 7.12. The molecule has 3 aromatic carbocycles. The van der Waals surface area contributed by atoms with Crippen molar-refractivity contribution in [2.45, 2.75) is 41.8 Å². The number of ether oxygens (including phenoxy) is 3. The van der Waals surface area contributed by atoms with Crippen molar-refractivity contribution in [3.8, 4) is 28.3 Å². The maximum atomic E-state index is 14.6. The number of nitrogens with zero attached hydrogens (tertiary/aromatic N) is 1. The molecule has 0 spiro atoms. The summed E-state index contributed by atoms with van der Waals surface area (Å²) in [4.78, 5) is 4.45. The van der Waals surface area contributed by atoms with Crippen molar-refractivity contribution < 1.29 is 41.6 Å². The molecular weight excluding hydrogens is 555 g/mol. The summed E-state index contributed by atoms with van der Waals surface area (Å²) in [5.74, 6) is -0.159. The van der Waals surface area contributed by atoms with E-state index in [0.29, 0.717) is 34.6 Å². The number of hydrogen-bond donors (Lipinski definition) is 3. The second-order valence-electron chi connectivity index (χ2n) is 10.1. The molecule has 10 nitrogen and oxygen atoms in total. The first kappa shape index (κ1) is 27.5. The fraction of sp³-hybridized carbons (Fsp3) is 0.276. The predicted molar refractivity (Wildman–Crippen MR) is 143 cm³/mol. The molecule has 41 heavy (non-hydrogen) atoms. The van der Waals surface area contributed by atoms with Gasteiger partial charge < -0.3 is 28.8 Å². The number of aliphatic hydroxyl groups is 2. The van der Waals surface area contributed by atoms with Gasteiger partial charge in [-0.3, -0.25) is 0 Å². The lowest BCUT2D eigenvalue weighted by Gasteiger charge is -2.34. The molecule has 6 rings (SSSR count). The maximum absolute atomic E-state index is 14.6. The molecule has 214 valence electrons. The third kappa shape index (κ3) is 5.62. The number of fused-ring (bicyclic) bond motifs is 2. The number of primary sulfonamides is 1. The molecule has 2 aliphatic rings. The van der Waals surface area contributed by atoms with Gasteiger partial charge in [0.1, 0.15) is 29.5 Å². The minimum absolute atomic E-state index is 0.0460. The van der Waals surface area contributed by atoms with Crippen LogP contribution < -0.4 is 9.88 Å². The van der Waals surface area contributed by atoms with Crippen LogP contribution in [0, 0.1) is 5.82 Å². The lowest BCUT2D eigenvalue weighted by atomic mass is 9.86. The molecule has 12 heteroatoms. The zero-order chi connectivity index (χ0) is 28.8. The number of halogens is 1. The molecule has 1 aromatic heterocycles. The van der Waals surface area contributed by atoms with Crippen molar-refractivity contribution in [3.05, 3.63) is 90.1 Å². The topological polar surface area (TPSA) is 154 Å². The van der Waals surface area contributed by atoms with Gasteiger partial charge in [-0.1, -0.05) is 30.3 Å². The second-order valence-corrected chi connectivity index (χ2v) is 11.7. The number of benzene rings is 3. The van der Waals surface area contributed by atoms with Gasteiger partial charge in [-0.15, -0.1) is 0 Å². The molecule has 3 heterocycles. The minimum Gasteiger partial charge on any atom is -0.490 e. The van der Waals surface area contributed by atoms with Gasteiger partial charge in [0, 0.05) is 30.0 Å².